The Morgan fingerprint density at radius 1 is 1.50 bits per heavy atom. The quantitative estimate of drug-likeness (QED) is 0.571. The topological polar surface area (TPSA) is 37.3 Å². The lowest BCUT2D eigenvalue weighted by Crippen LogP contribution is -2.34. The van der Waals surface area contributed by atoms with Crippen LogP contribution in [0.25, 0.3) is 0 Å². The van der Waals surface area contributed by atoms with E-state index in [0.29, 0.717) is 17.9 Å². The molecule has 10 heavy (non-hydrogen) atoms. The minimum absolute atomic E-state index is 0.350. The molecule has 0 aromatic rings. The Morgan fingerprint density at radius 3 is 1.90 bits per heavy atom. The fourth-order valence-electron chi connectivity index (χ4n) is 0.560. The molecule has 0 saturated carbocycles. The zero-order valence-electron chi connectivity index (χ0n) is 5.87. The van der Waals surface area contributed by atoms with E-state index < -0.39 is 11.4 Å². The fraction of sp³-hybridized carbons (Fsp3) is 0.833. The molecule has 0 amide bonds. The van der Waals surface area contributed by atoms with Gasteiger partial charge in [0.05, 0.1) is 5.41 Å². The van der Waals surface area contributed by atoms with Crippen molar-refractivity contribution in [2.24, 2.45) is 5.41 Å². The number of hydrogen-bond donors (Lipinski definition) is 3. The zero-order valence-corrected chi connectivity index (χ0v) is 7.66. The normalized spacial score (nSPS) is 11.5. The molecule has 0 fully saturated rings. The summed E-state index contributed by atoms with van der Waals surface area (Å²) < 4.78 is 0. The molecule has 0 bridgehead atoms. The van der Waals surface area contributed by atoms with Gasteiger partial charge in [0.25, 0.3) is 0 Å². The average molecular weight is 180 g/mol. The van der Waals surface area contributed by atoms with Gasteiger partial charge in [-0.05, 0) is 6.42 Å². The van der Waals surface area contributed by atoms with E-state index in [1.54, 1.807) is 0 Å². The fourth-order valence-corrected chi connectivity index (χ4v) is 1.68. The largest absolute Gasteiger partial charge is 0.481 e. The van der Waals surface area contributed by atoms with E-state index in [-0.39, 0.29) is 0 Å². The maximum Gasteiger partial charge on any atom is 0.311 e. The van der Waals surface area contributed by atoms with Crippen molar-refractivity contribution >= 4 is 31.2 Å². The van der Waals surface area contributed by atoms with E-state index in [4.69, 9.17) is 5.11 Å². The molecule has 2 nitrogen and oxygen atoms in total. The zero-order chi connectivity index (χ0) is 8.20. The molecule has 0 radical (unpaired) electrons. The Bertz CT molecular complexity index is 113. The van der Waals surface area contributed by atoms with Crippen LogP contribution in [0, 0.1) is 5.41 Å². The Morgan fingerprint density at radius 2 is 1.90 bits per heavy atom. The molecule has 0 aliphatic carbocycles. The molecule has 0 spiro atoms. The van der Waals surface area contributed by atoms with Crippen molar-refractivity contribution in [2.45, 2.75) is 13.3 Å². The lowest BCUT2D eigenvalue weighted by Gasteiger charge is -2.22. The minimum atomic E-state index is -0.806. The van der Waals surface area contributed by atoms with Crippen molar-refractivity contribution in [2.75, 3.05) is 11.5 Å². The molecule has 0 saturated heterocycles. The third kappa shape index (κ3) is 1.83. The summed E-state index contributed by atoms with van der Waals surface area (Å²) in [6, 6.07) is 0. The first-order valence-electron chi connectivity index (χ1n) is 3.08. The SMILES string of the molecule is CCC(CS)(CS)C(=O)O. The number of carboxylic acid groups (broad SMARTS) is 1. The Hall–Kier alpha value is 0.170. The van der Waals surface area contributed by atoms with Crippen LogP contribution in [0.1, 0.15) is 13.3 Å². The van der Waals surface area contributed by atoms with E-state index in [1.807, 2.05) is 6.92 Å². The van der Waals surface area contributed by atoms with Crippen LogP contribution in [0.2, 0.25) is 0 Å². The summed E-state index contributed by atoms with van der Waals surface area (Å²) in [7, 11) is 0. The van der Waals surface area contributed by atoms with E-state index in [1.165, 1.54) is 0 Å². The number of thiol groups is 2. The molecule has 0 aliphatic rings. The van der Waals surface area contributed by atoms with E-state index in [9.17, 15) is 4.79 Å². The first kappa shape index (κ1) is 10.2. The molecule has 0 rings (SSSR count). The molecular weight excluding hydrogens is 168 g/mol. The molecule has 0 atom stereocenters. The van der Waals surface area contributed by atoms with E-state index in [0.717, 1.165) is 0 Å². The smallest absolute Gasteiger partial charge is 0.311 e. The molecule has 60 valence electrons. The van der Waals surface area contributed by atoms with Gasteiger partial charge < -0.3 is 5.11 Å². The first-order chi connectivity index (χ1) is 4.63. The predicted octanol–water partition coefficient (Wildman–Crippen LogP) is 1.33. The molecule has 0 aromatic carbocycles. The number of hydrogen-bond acceptors (Lipinski definition) is 3. The van der Waals surface area contributed by atoms with Crippen molar-refractivity contribution in [1.29, 1.82) is 0 Å². The predicted molar refractivity (Wildman–Crippen MR) is 48.1 cm³/mol. The van der Waals surface area contributed by atoms with Crippen molar-refractivity contribution in [3.8, 4) is 0 Å². The highest BCUT2D eigenvalue weighted by Crippen LogP contribution is 2.25. The van der Waals surface area contributed by atoms with Crippen LogP contribution in [0.15, 0.2) is 0 Å². The summed E-state index contributed by atoms with van der Waals surface area (Å²) in [4.78, 5) is 10.6. The van der Waals surface area contributed by atoms with Gasteiger partial charge >= 0.3 is 5.97 Å². The van der Waals surface area contributed by atoms with Crippen LogP contribution < -0.4 is 0 Å². The third-order valence-electron chi connectivity index (χ3n) is 1.74. The Balaban J connectivity index is 4.31. The summed E-state index contributed by atoms with van der Waals surface area (Å²) in [5, 5.41) is 8.73. The van der Waals surface area contributed by atoms with Gasteiger partial charge in [0, 0.05) is 11.5 Å². The van der Waals surface area contributed by atoms with Crippen molar-refractivity contribution in [1.82, 2.24) is 0 Å². The molecule has 0 unspecified atom stereocenters. The second-order valence-corrected chi connectivity index (χ2v) is 2.89. The maximum absolute atomic E-state index is 10.6. The van der Waals surface area contributed by atoms with Crippen LogP contribution >= 0.6 is 25.3 Å². The number of rotatable bonds is 4. The highest BCUT2D eigenvalue weighted by Gasteiger charge is 2.33. The van der Waals surface area contributed by atoms with E-state index >= 15 is 0 Å². The van der Waals surface area contributed by atoms with Crippen molar-refractivity contribution in [3.63, 3.8) is 0 Å². The monoisotopic (exact) mass is 180 g/mol. The third-order valence-corrected chi connectivity index (χ3v) is 2.95. The molecule has 0 heterocycles. The number of carbonyl (C=O) groups is 1. The van der Waals surface area contributed by atoms with Crippen molar-refractivity contribution in [3.05, 3.63) is 0 Å². The van der Waals surface area contributed by atoms with Gasteiger partial charge in [0.1, 0.15) is 0 Å². The lowest BCUT2D eigenvalue weighted by molar-refractivity contribution is -0.146. The van der Waals surface area contributed by atoms with Crippen LogP contribution in [0.3, 0.4) is 0 Å². The summed E-state index contributed by atoms with van der Waals surface area (Å²) in [6.45, 7) is 1.83. The highest BCUT2D eigenvalue weighted by atomic mass is 32.1. The maximum atomic E-state index is 10.6. The van der Waals surface area contributed by atoms with Crippen LogP contribution in [-0.2, 0) is 4.79 Å². The van der Waals surface area contributed by atoms with Gasteiger partial charge in [-0.2, -0.15) is 25.3 Å². The molecule has 0 aliphatic heterocycles. The van der Waals surface area contributed by atoms with Gasteiger partial charge in [-0.1, -0.05) is 6.92 Å². The minimum Gasteiger partial charge on any atom is -0.481 e. The molecular formula is C6H12O2S2. The van der Waals surface area contributed by atoms with E-state index in [2.05, 4.69) is 25.3 Å². The standard InChI is InChI=1S/C6H12O2S2/c1-2-6(3-9,4-10)5(7)8/h9-10H,2-4H2,1H3,(H,7,8). The van der Waals surface area contributed by atoms with Gasteiger partial charge in [-0.25, -0.2) is 0 Å². The summed E-state index contributed by atoms with van der Waals surface area (Å²) >= 11 is 7.94. The second-order valence-electron chi connectivity index (χ2n) is 2.26. The van der Waals surface area contributed by atoms with Crippen molar-refractivity contribution < 1.29 is 9.90 Å². The molecule has 1 N–H and O–H groups in total. The van der Waals surface area contributed by atoms with Crippen LogP contribution in [0.4, 0.5) is 0 Å². The first-order valence-corrected chi connectivity index (χ1v) is 4.34. The lowest BCUT2D eigenvalue weighted by atomic mass is 9.90. The summed E-state index contributed by atoms with van der Waals surface area (Å²) in [6.07, 6.45) is 0.579. The average Bonchev–Trinajstić information content (AvgIpc) is 1.92. The summed E-state index contributed by atoms with van der Waals surface area (Å²) in [5.41, 5.74) is -0.730. The summed E-state index contributed by atoms with van der Waals surface area (Å²) in [5.74, 6) is -0.106. The Labute approximate surface area is 71.8 Å². The van der Waals surface area contributed by atoms with Gasteiger partial charge in [0.15, 0.2) is 0 Å². The van der Waals surface area contributed by atoms with Gasteiger partial charge in [-0.15, -0.1) is 0 Å². The number of carboxylic acids is 1. The second kappa shape index (κ2) is 4.13. The highest BCUT2D eigenvalue weighted by molar-refractivity contribution is 7.81. The van der Waals surface area contributed by atoms with Gasteiger partial charge in [-0.3, -0.25) is 4.79 Å². The molecule has 4 heteroatoms. The Kier molecular flexibility index (Phi) is 4.20. The van der Waals surface area contributed by atoms with Gasteiger partial charge in [0.2, 0.25) is 0 Å². The van der Waals surface area contributed by atoms with Crippen LogP contribution in [0.5, 0.6) is 0 Å². The van der Waals surface area contributed by atoms with Crippen LogP contribution in [-0.4, -0.2) is 22.6 Å². The molecule has 0 aromatic heterocycles. The number of aliphatic carboxylic acids is 1.